The van der Waals surface area contributed by atoms with Crippen molar-refractivity contribution in [3.63, 3.8) is 0 Å². The zero-order valence-electron chi connectivity index (χ0n) is 19.4. The molecule has 0 unspecified atom stereocenters. The smallest absolute Gasteiger partial charge is 0.407 e. The molecular weight excluding hydrogens is 430 g/mol. The van der Waals surface area contributed by atoms with E-state index in [9.17, 15) is 19.8 Å². The molecule has 2 aromatic rings. The maximum atomic E-state index is 12.4. The van der Waals surface area contributed by atoms with Crippen LogP contribution in [0, 0.1) is 0 Å². The van der Waals surface area contributed by atoms with Gasteiger partial charge in [-0.15, -0.1) is 0 Å². The van der Waals surface area contributed by atoms with Gasteiger partial charge in [-0.05, 0) is 40.0 Å². The highest BCUT2D eigenvalue weighted by atomic mass is 16.6. The van der Waals surface area contributed by atoms with Gasteiger partial charge in [-0.3, -0.25) is 4.79 Å². The highest BCUT2D eigenvalue weighted by Gasteiger charge is 2.43. The Kier molecular flexibility index (Phi) is 7.69. The Morgan fingerprint density at radius 2 is 1.94 bits per heavy atom. The summed E-state index contributed by atoms with van der Waals surface area (Å²) in [7, 11) is 1.73. The summed E-state index contributed by atoms with van der Waals surface area (Å²) in [6, 6.07) is -1.09. The fourth-order valence-corrected chi connectivity index (χ4v) is 3.90. The van der Waals surface area contributed by atoms with Crippen LogP contribution in [0.3, 0.4) is 0 Å². The summed E-state index contributed by atoms with van der Waals surface area (Å²) < 4.78 is 6.87. The number of aromatic nitrogens is 4. The molecule has 2 amide bonds. The predicted molar refractivity (Wildman–Crippen MR) is 121 cm³/mol. The third kappa shape index (κ3) is 6.08. The van der Waals surface area contributed by atoms with Gasteiger partial charge in [0.15, 0.2) is 11.5 Å². The molecule has 0 radical (unpaired) electrons. The number of alkyl carbamates (subject to hydrolysis) is 1. The number of anilines is 1. The van der Waals surface area contributed by atoms with E-state index in [0.29, 0.717) is 42.8 Å². The van der Waals surface area contributed by atoms with E-state index in [4.69, 9.17) is 4.74 Å². The average Bonchev–Trinajstić information content (AvgIpc) is 3.28. The predicted octanol–water partition coefficient (Wildman–Crippen LogP) is 0.714. The monoisotopic (exact) mass is 463 g/mol. The molecule has 1 aliphatic rings. The number of aliphatic hydroxyl groups is 2. The number of unbranched alkanes of at least 4 members (excludes halogenated alkanes) is 1. The fourth-order valence-electron chi connectivity index (χ4n) is 3.90. The summed E-state index contributed by atoms with van der Waals surface area (Å²) >= 11 is 0. The van der Waals surface area contributed by atoms with Crippen LogP contribution in [-0.2, 0) is 9.53 Å². The minimum atomic E-state index is -1.11. The van der Waals surface area contributed by atoms with E-state index < -0.39 is 36.0 Å². The van der Waals surface area contributed by atoms with Gasteiger partial charge < -0.3 is 35.5 Å². The first-order valence-corrected chi connectivity index (χ1v) is 11.1. The molecule has 2 heterocycles. The number of nitrogens with one attached hydrogen (secondary N) is 3. The van der Waals surface area contributed by atoms with Crippen LogP contribution in [0.2, 0.25) is 0 Å². The van der Waals surface area contributed by atoms with E-state index in [1.165, 1.54) is 6.33 Å². The molecule has 12 nitrogen and oxygen atoms in total. The molecule has 3 rings (SSSR count). The molecule has 1 fully saturated rings. The van der Waals surface area contributed by atoms with Gasteiger partial charge in [0.2, 0.25) is 5.91 Å². The number of amides is 2. The minimum absolute atomic E-state index is 0.223. The second kappa shape index (κ2) is 10.3. The molecule has 1 saturated carbocycles. The Balaban J connectivity index is 1.48. The Labute approximate surface area is 192 Å². The van der Waals surface area contributed by atoms with Crippen molar-refractivity contribution in [2.45, 2.75) is 76.3 Å². The first kappa shape index (κ1) is 24.6. The lowest BCUT2D eigenvalue weighted by Crippen LogP contribution is -2.43. The highest BCUT2D eigenvalue weighted by Crippen LogP contribution is 2.33. The standard InChI is InChI=1S/C21H33N7O5/c1-21(2,3)33-20(32)23-8-6-5-7-14(29)27-12-9-13(17(31)16(12)30)28-11-26-15-18(22-4)24-10-25-19(15)28/h10-13,16-17,30-31H,5-9H2,1-4H3,(H,23,32)(H,27,29)(H,22,24,25)/t12-,13+,16-,17+/m0/s1. The molecule has 182 valence electrons. The van der Waals surface area contributed by atoms with E-state index in [-0.39, 0.29) is 12.3 Å². The number of rotatable bonds is 8. The van der Waals surface area contributed by atoms with E-state index in [1.54, 1.807) is 38.7 Å². The van der Waals surface area contributed by atoms with Gasteiger partial charge in [-0.25, -0.2) is 19.7 Å². The van der Waals surface area contributed by atoms with Crippen LogP contribution >= 0.6 is 0 Å². The Morgan fingerprint density at radius 1 is 1.18 bits per heavy atom. The SMILES string of the molecule is CNc1ncnc2c1ncn2[C@@H]1C[C@H](NC(=O)CCCCNC(=O)OC(C)(C)C)[C@H](O)[C@@H]1O. The van der Waals surface area contributed by atoms with Crippen LogP contribution in [0.5, 0.6) is 0 Å². The molecule has 2 aromatic heterocycles. The third-order valence-electron chi connectivity index (χ3n) is 5.45. The van der Waals surface area contributed by atoms with Crippen molar-refractivity contribution in [2.75, 3.05) is 18.9 Å². The van der Waals surface area contributed by atoms with Gasteiger partial charge in [-0.1, -0.05) is 0 Å². The van der Waals surface area contributed by atoms with Gasteiger partial charge in [0.1, 0.15) is 29.7 Å². The second-order valence-electron chi connectivity index (χ2n) is 9.14. The second-order valence-corrected chi connectivity index (χ2v) is 9.14. The first-order valence-electron chi connectivity index (χ1n) is 11.1. The summed E-state index contributed by atoms with van der Waals surface area (Å²) in [4.78, 5) is 36.7. The molecule has 0 aromatic carbocycles. The number of hydrogen-bond acceptors (Lipinski definition) is 9. The molecule has 5 N–H and O–H groups in total. The van der Waals surface area contributed by atoms with Crippen molar-refractivity contribution in [3.05, 3.63) is 12.7 Å². The van der Waals surface area contributed by atoms with Crippen molar-refractivity contribution in [3.8, 4) is 0 Å². The molecule has 1 aliphatic carbocycles. The fraction of sp³-hybridized carbons (Fsp3) is 0.667. The van der Waals surface area contributed by atoms with Crippen molar-refractivity contribution in [1.82, 2.24) is 30.2 Å². The zero-order chi connectivity index (χ0) is 24.2. The zero-order valence-corrected chi connectivity index (χ0v) is 19.4. The molecule has 4 atom stereocenters. The highest BCUT2D eigenvalue weighted by molar-refractivity contribution is 5.82. The lowest BCUT2D eigenvalue weighted by atomic mass is 10.1. The van der Waals surface area contributed by atoms with Crippen molar-refractivity contribution in [1.29, 1.82) is 0 Å². The van der Waals surface area contributed by atoms with E-state index in [0.717, 1.165) is 0 Å². The summed E-state index contributed by atoms with van der Waals surface area (Å²) in [5, 5.41) is 29.5. The van der Waals surface area contributed by atoms with E-state index in [1.807, 2.05) is 0 Å². The Morgan fingerprint density at radius 3 is 2.64 bits per heavy atom. The van der Waals surface area contributed by atoms with Gasteiger partial charge in [0.05, 0.1) is 18.4 Å². The van der Waals surface area contributed by atoms with Crippen LogP contribution < -0.4 is 16.0 Å². The molecule has 33 heavy (non-hydrogen) atoms. The van der Waals surface area contributed by atoms with Crippen LogP contribution in [0.25, 0.3) is 11.2 Å². The quantitative estimate of drug-likeness (QED) is 0.355. The molecule has 0 saturated heterocycles. The van der Waals surface area contributed by atoms with Crippen LogP contribution in [0.1, 0.15) is 52.5 Å². The summed E-state index contributed by atoms with van der Waals surface area (Å²) in [6.45, 7) is 5.77. The molecule has 0 aliphatic heterocycles. The number of fused-ring (bicyclic) bond motifs is 1. The molecule has 0 bridgehead atoms. The average molecular weight is 464 g/mol. The lowest BCUT2D eigenvalue weighted by Gasteiger charge is -2.19. The number of carbonyl (C=O) groups is 2. The number of carbonyl (C=O) groups excluding carboxylic acids is 2. The van der Waals surface area contributed by atoms with Crippen LogP contribution in [0.4, 0.5) is 10.6 Å². The van der Waals surface area contributed by atoms with Crippen molar-refractivity contribution in [2.24, 2.45) is 0 Å². The number of hydrogen-bond donors (Lipinski definition) is 5. The van der Waals surface area contributed by atoms with Gasteiger partial charge in [0.25, 0.3) is 0 Å². The van der Waals surface area contributed by atoms with Crippen LogP contribution in [-0.4, -0.2) is 79.2 Å². The summed E-state index contributed by atoms with van der Waals surface area (Å²) in [5.74, 6) is 0.345. The molecule has 12 heteroatoms. The van der Waals surface area contributed by atoms with Crippen molar-refractivity contribution < 1.29 is 24.5 Å². The number of imidazole rings is 1. The maximum absolute atomic E-state index is 12.4. The number of aliphatic hydroxyl groups excluding tert-OH is 2. The maximum Gasteiger partial charge on any atom is 0.407 e. The topological polar surface area (TPSA) is 164 Å². The summed E-state index contributed by atoms with van der Waals surface area (Å²) in [5.41, 5.74) is 0.545. The molecular formula is C21H33N7O5. The molecule has 0 spiro atoms. The normalized spacial score (nSPS) is 22.8. The minimum Gasteiger partial charge on any atom is -0.444 e. The van der Waals surface area contributed by atoms with Gasteiger partial charge >= 0.3 is 6.09 Å². The number of ether oxygens (including phenoxy) is 1. The summed E-state index contributed by atoms with van der Waals surface area (Å²) in [6.07, 6.45) is 2.02. The van der Waals surface area contributed by atoms with Crippen LogP contribution in [0.15, 0.2) is 12.7 Å². The van der Waals surface area contributed by atoms with Crippen molar-refractivity contribution >= 4 is 29.0 Å². The number of nitrogens with zero attached hydrogens (tertiary/aromatic N) is 4. The van der Waals surface area contributed by atoms with E-state index >= 15 is 0 Å². The third-order valence-corrected chi connectivity index (χ3v) is 5.45. The van der Waals surface area contributed by atoms with Gasteiger partial charge in [-0.2, -0.15) is 0 Å². The van der Waals surface area contributed by atoms with E-state index in [2.05, 4.69) is 30.9 Å². The Bertz CT molecular complexity index is 974. The largest absolute Gasteiger partial charge is 0.444 e. The Hall–Kier alpha value is -2.99. The lowest BCUT2D eigenvalue weighted by molar-refractivity contribution is -0.122. The van der Waals surface area contributed by atoms with Gasteiger partial charge in [0, 0.05) is 20.0 Å². The first-order chi connectivity index (χ1) is 15.6.